The molecule has 0 atom stereocenters. The summed E-state index contributed by atoms with van der Waals surface area (Å²) in [6.07, 6.45) is 4.27. The van der Waals surface area contributed by atoms with Crippen LogP contribution in [-0.4, -0.2) is 57.5 Å². The Bertz CT molecular complexity index is 390. The molecule has 1 heterocycles. The normalized spacial score (nSPS) is 17.8. The molecule has 1 fully saturated rings. The molecule has 1 aliphatic rings. The van der Waals surface area contributed by atoms with Crippen LogP contribution in [0.15, 0.2) is 4.99 Å². The molecule has 0 spiro atoms. The minimum absolute atomic E-state index is 0. The largest absolute Gasteiger partial charge is 0.357 e. The second-order valence-corrected chi connectivity index (χ2v) is 7.65. The first-order chi connectivity index (χ1) is 8.92. The smallest absolute Gasteiger partial charge is 0.193 e. The Balaban J connectivity index is 0.00000361. The fourth-order valence-corrected chi connectivity index (χ4v) is 2.81. The van der Waals surface area contributed by atoms with Gasteiger partial charge in [0.1, 0.15) is 9.84 Å². The van der Waals surface area contributed by atoms with Crippen LogP contribution in [0.5, 0.6) is 0 Å². The Labute approximate surface area is 140 Å². The van der Waals surface area contributed by atoms with E-state index in [0.29, 0.717) is 13.0 Å². The van der Waals surface area contributed by atoms with Crippen LogP contribution in [0.25, 0.3) is 0 Å². The first-order valence-corrected chi connectivity index (χ1v) is 9.19. The number of sulfone groups is 1. The fourth-order valence-electron chi connectivity index (χ4n) is 2.16. The van der Waals surface area contributed by atoms with Crippen molar-refractivity contribution in [3.05, 3.63) is 0 Å². The van der Waals surface area contributed by atoms with Gasteiger partial charge in [-0.2, -0.15) is 0 Å². The average molecular weight is 417 g/mol. The Morgan fingerprint density at radius 1 is 1.35 bits per heavy atom. The molecule has 7 heteroatoms. The van der Waals surface area contributed by atoms with Gasteiger partial charge in [0, 0.05) is 32.4 Å². The van der Waals surface area contributed by atoms with Gasteiger partial charge < -0.3 is 10.2 Å². The molecule has 0 saturated carbocycles. The van der Waals surface area contributed by atoms with E-state index in [1.165, 1.54) is 19.1 Å². The second-order valence-electron chi connectivity index (χ2n) is 5.39. The van der Waals surface area contributed by atoms with Crippen molar-refractivity contribution in [3.8, 4) is 0 Å². The molecule has 0 radical (unpaired) electrons. The lowest BCUT2D eigenvalue weighted by atomic mass is 10.00. The van der Waals surface area contributed by atoms with Gasteiger partial charge in [0.05, 0.1) is 5.75 Å². The number of rotatable bonds is 5. The van der Waals surface area contributed by atoms with Crippen molar-refractivity contribution in [1.29, 1.82) is 0 Å². The van der Waals surface area contributed by atoms with Crippen LogP contribution in [0.1, 0.15) is 33.1 Å². The first-order valence-electron chi connectivity index (χ1n) is 7.13. The van der Waals surface area contributed by atoms with Crippen molar-refractivity contribution in [2.75, 3.05) is 38.2 Å². The maximum absolute atomic E-state index is 11.1. The van der Waals surface area contributed by atoms with Crippen LogP contribution < -0.4 is 5.32 Å². The predicted molar refractivity (Wildman–Crippen MR) is 95.7 cm³/mol. The summed E-state index contributed by atoms with van der Waals surface area (Å²) in [5.41, 5.74) is 0. The summed E-state index contributed by atoms with van der Waals surface area (Å²) in [5.74, 6) is 1.94. The van der Waals surface area contributed by atoms with Crippen LogP contribution in [0, 0.1) is 5.92 Å². The van der Waals surface area contributed by atoms with E-state index < -0.39 is 9.84 Å². The molecule has 0 bridgehead atoms. The molecule has 1 saturated heterocycles. The molecule has 1 N–H and O–H groups in total. The van der Waals surface area contributed by atoms with Crippen molar-refractivity contribution in [2.45, 2.75) is 33.1 Å². The number of guanidine groups is 1. The first kappa shape index (κ1) is 19.9. The zero-order valence-electron chi connectivity index (χ0n) is 12.8. The zero-order chi connectivity index (χ0) is 14.3. The molecular formula is C13H28IN3O2S. The summed E-state index contributed by atoms with van der Waals surface area (Å²) in [6, 6.07) is 0. The van der Waals surface area contributed by atoms with E-state index in [9.17, 15) is 8.42 Å². The van der Waals surface area contributed by atoms with Crippen molar-refractivity contribution in [2.24, 2.45) is 10.9 Å². The molecule has 0 aromatic heterocycles. The quantitative estimate of drug-likeness (QED) is 0.321. The highest BCUT2D eigenvalue weighted by atomic mass is 127. The highest BCUT2D eigenvalue weighted by Gasteiger charge is 2.18. The molecule has 0 amide bonds. The van der Waals surface area contributed by atoms with Gasteiger partial charge in [-0.25, -0.2) is 8.42 Å². The number of likely N-dealkylation sites (tertiary alicyclic amines) is 1. The van der Waals surface area contributed by atoms with Crippen LogP contribution in [-0.2, 0) is 9.84 Å². The van der Waals surface area contributed by atoms with Crippen molar-refractivity contribution < 1.29 is 8.42 Å². The van der Waals surface area contributed by atoms with Crippen LogP contribution >= 0.6 is 24.0 Å². The summed E-state index contributed by atoms with van der Waals surface area (Å²) in [6.45, 7) is 7.84. The summed E-state index contributed by atoms with van der Waals surface area (Å²) < 4.78 is 22.1. The van der Waals surface area contributed by atoms with Gasteiger partial charge in [-0.05, 0) is 32.1 Å². The van der Waals surface area contributed by atoms with Crippen LogP contribution in [0.4, 0.5) is 0 Å². The molecule has 1 aliphatic heterocycles. The third-order valence-corrected chi connectivity index (χ3v) is 4.38. The summed E-state index contributed by atoms with van der Waals surface area (Å²) in [7, 11) is -2.87. The Kier molecular flexibility index (Phi) is 9.78. The molecule has 5 nitrogen and oxygen atoms in total. The lowest BCUT2D eigenvalue weighted by Gasteiger charge is -2.33. The molecule has 0 aliphatic carbocycles. The topological polar surface area (TPSA) is 61.8 Å². The van der Waals surface area contributed by atoms with Gasteiger partial charge in [0.2, 0.25) is 0 Å². The van der Waals surface area contributed by atoms with E-state index in [1.807, 2.05) is 0 Å². The summed E-state index contributed by atoms with van der Waals surface area (Å²) in [5, 5.41) is 3.29. The monoisotopic (exact) mass is 417 g/mol. The predicted octanol–water partition coefficient (Wildman–Crippen LogP) is 1.74. The fraction of sp³-hybridized carbons (Fsp3) is 0.923. The zero-order valence-corrected chi connectivity index (χ0v) is 15.9. The minimum Gasteiger partial charge on any atom is -0.357 e. The van der Waals surface area contributed by atoms with Gasteiger partial charge in [-0.1, -0.05) is 6.92 Å². The maximum Gasteiger partial charge on any atom is 0.193 e. The number of aliphatic imine (C=N–C) groups is 1. The van der Waals surface area contributed by atoms with E-state index in [-0.39, 0.29) is 29.7 Å². The Hall–Kier alpha value is -0.0500. The van der Waals surface area contributed by atoms with E-state index in [4.69, 9.17) is 0 Å². The van der Waals surface area contributed by atoms with Gasteiger partial charge in [-0.15, -0.1) is 24.0 Å². The van der Waals surface area contributed by atoms with Crippen molar-refractivity contribution >= 4 is 39.8 Å². The minimum atomic E-state index is -2.87. The highest BCUT2D eigenvalue weighted by molar-refractivity contribution is 14.0. The van der Waals surface area contributed by atoms with Gasteiger partial charge in [-0.3, -0.25) is 4.99 Å². The van der Waals surface area contributed by atoms with Gasteiger partial charge >= 0.3 is 0 Å². The number of nitrogens with zero attached hydrogens (tertiary/aromatic N) is 2. The lowest BCUT2D eigenvalue weighted by Crippen LogP contribution is -2.45. The van der Waals surface area contributed by atoms with E-state index in [2.05, 4.69) is 29.1 Å². The van der Waals surface area contributed by atoms with Crippen molar-refractivity contribution in [1.82, 2.24) is 10.2 Å². The lowest BCUT2D eigenvalue weighted by molar-refractivity contribution is 0.273. The van der Waals surface area contributed by atoms with Gasteiger partial charge in [0.25, 0.3) is 0 Å². The standard InChI is InChI=1S/C13H27N3O2S.HI/c1-4-14-13(15-8-5-11-19(3,17)18)16-9-6-12(2)7-10-16;/h12H,4-11H2,1-3H3,(H,14,15);1H. The Morgan fingerprint density at radius 2 is 1.95 bits per heavy atom. The number of piperidine rings is 1. The van der Waals surface area contributed by atoms with Gasteiger partial charge in [0.15, 0.2) is 5.96 Å². The third-order valence-electron chi connectivity index (χ3n) is 3.35. The van der Waals surface area contributed by atoms with Crippen molar-refractivity contribution in [3.63, 3.8) is 0 Å². The summed E-state index contributed by atoms with van der Waals surface area (Å²) in [4.78, 5) is 6.81. The van der Waals surface area contributed by atoms with Crippen LogP contribution in [0.3, 0.4) is 0 Å². The number of halogens is 1. The number of hydrogen-bond donors (Lipinski definition) is 1. The summed E-state index contributed by atoms with van der Waals surface area (Å²) >= 11 is 0. The average Bonchev–Trinajstić information content (AvgIpc) is 2.33. The Morgan fingerprint density at radius 3 is 2.45 bits per heavy atom. The molecule has 0 unspecified atom stereocenters. The molecule has 0 aromatic carbocycles. The van der Waals surface area contributed by atoms with Crippen LogP contribution in [0.2, 0.25) is 0 Å². The SMILES string of the molecule is CCNC(=NCCCS(C)(=O)=O)N1CCC(C)CC1.I. The van der Waals surface area contributed by atoms with E-state index in [1.54, 1.807) is 0 Å². The van der Waals surface area contributed by atoms with E-state index >= 15 is 0 Å². The maximum atomic E-state index is 11.1. The third kappa shape index (κ3) is 8.28. The highest BCUT2D eigenvalue weighted by Crippen LogP contribution is 2.15. The van der Waals surface area contributed by atoms with E-state index in [0.717, 1.165) is 31.5 Å². The number of nitrogens with one attached hydrogen (secondary N) is 1. The molecule has 120 valence electrons. The molecular weight excluding hydrogens is 389 g/mol. The number of hydrogen-bond acceptors (Lipinski definition) is 3. The molecule has 1 rings (SSSR count). The second kappa shape index (κ2) is 9.81. The molecule has 20 heavy (non-hydrogen) atoms. The molecule has 0 aromatic rings.